The summed E-state index contributed by atoms with van der Waals surface area (Å²) in [6, 6.07) is 9.28. The van der Waals surface area contributed by atoms with E-state index in [1.807, 2.05) is 0 Å². The first-order chi connectivity index (χ1) is 8.33. The van der Waals surface area contributed by atoms with Crippen LogP contribution in [0.4, 0.5) is 0 Å². The molecule has 0 nitrogen and oxygen atoms in total. The monoisotopic (exact) mass is 228 g/mol. The van der Waals surface area contributed by atoms with Gasteiger partial charge in [0.05, 0.1) is 0 Å². The van der Waals surface area contributed by atoms with Crippen LogP contribution in [0.5, 0.6) is 0 Å². The van der Waals surface area contributed by atoms with Crippen molar-refractivity contribution in [1.29, 1.82) is 0 Å². The molecular formula is C17H24. The lowest BCUT2D eigenvalue weighted by atomic mass is 9.77. The molecule has 1 aromatic carbocycles. The van der Waals surface area contributed by atoms with Gasteiger partial charge in [-0.05, 0) is 61.5 Å². The highest BCUT2D eigenvalue weighted by Gasteiger charge is 2.21. The molecule has 0 unspecified atom stereocenters. The average Bonchev–Trinajstić information content (AvgIpc) is 2.40. The van der Waals surface area contributed by atoms with Crippen LogP contribution in [0.2, 0.25) is 0 Å². The third-order valence-corrected chi connectivity index (χ3v) is 4.21. The van der Waals surface area contributed by atoms with Crippen LogP contribution >= 0.6 is 0 Å². The van der Waals surface area contributed by atoms with E-state index >= 15 is 0 Å². The minimum atomic E-state index is 0.807. The quantitative estimate of drug-likeness (QED) is 0.629. The summed E-state index contributed by atoms with van der Waals surface area (Å²) < 4.78 is 0. The summed E-state index contributed by atoms with van der Waals surface area (Å²) in [4.78, 5) is 0. The molecule has 1 aliphatic rings. The summed E-state index contributed by atoms with van der Waals surface area (Å²) in [6.45, 7) is 6.07. The first-order valence-electron chi connectivity index (χ1n) is 7.03. The zero-order valence-corrected chi connectivity index (χ0v) is 11.0. The number of rotatable bonds is 4. The Morgan fingerprint density at radius 2 is 1.76 bits per heavy atom. The highest BCUT2D eigenvalue weighted by molar-refractivity contribution is 5.25. The Hall–Kier alpha value is -1.04. The molecule has 0 spiro atoms. The maximum atomic E-state index is 3.85. The van der Waals surface area contributed by atoms with Gasteiger partial charge in [-0.25, -0.2) is 0 Å². The van der Waals surface area contributed by atoms with Crippen molar-refractivity contribution in [2.45, 2.75) is 51.4 Å². The summed E-state index contributed by atoms with van der Waals surface area (Å²) in [7, 11) is 0. The predicted octanol–water partition coefficient (Wildman–Crippen LogP) is 5.10. The van der Waals surface area contributed by atoms with Crippen molar-refractivity contribution in [3.63, 3.8) is 0 Å². The molecule has 1 aliphatic carbocycles. The van der Waals surface area contributed by atoms with Crippen LogP contribution in [0.3, 0.4) is 0 Å². The minimum Gasteiger partial charge on any atom is -0.103 e. The second-order valence-electron chi connectivity index (χ2n) is 5.34. The fourth-order valence-corrected chi connectivity index (χ4v) is 2.99. The number of aryl methyl sites for hydroxylation is 1. The van der Waals surface area contributed by atoms with Gasteiger partial charge < -0.3 is 0 Å². The van der Waals surface area contributed by atoms with Crippen molar-refractivity contribution in [3.05, 3.63) is 48.0 Å². The highest BCUT2D eigenvalue weighted by Crippen LogP contribution is 2.37. The second kappa shape index (κ2) is 6.05. The SMILES string of the molecule is C=CC[C@H]1CC[C@H](c2ccc(CC)cc2)CC1. The van der Waals surface area contributed by atoms with Crippen LogP contribution in [-0.2, 0) is 6.42 Å². The van der Waals surface area contributed by atoms with Crippen molar-refractivity contribution in [2.75, 3.05) is 0 Å². The van der Waals surface area contributed by atoms with E-state index in [0.717, 1.165) is 18.3 Å². The Labute approximate surface area is 106 Å². The summed E-state index contributed by atoms with van der Waals surface area (Å²) in [5, 5.41) is 0. The minimum absolute atomic E-state index is 0.807. The average molecular weight is 228 g/mol. The number of hydrogen-bond acceptors (Lipinski definition) is 0. The molecule has 0 radical (unpaired) electrons. The predicted molar refractivity (Wildman–Crippen MR) is 75.3 cm³/mol. The lowest BCUT2D eigenvalue weighted by Crippen LogP contribution is -2.12. The number of benzene rings is 1. The normalized spacial score (nSPS) is 24.5. The Morgan fingerprint density at radius 3 is 2.29 bits per heavy atom. The zero-order valence-electron chi connectivity index (χ0n) is 11.0. The third kappa shape index (κ3) is 3.21. The van der Waals surface area contributed by atoms with E-state index < -0.39 is 0 Å². The van der Waals surface area contributed by atoms with Gasteiger partial charge in [-0.3, -0.25) is 0 Å². The van der Waals surface area contributed by atoms with Crippen molar-refractivity contribution in [1.82, 2.24) is 0 Å². The van der Waals surface area contributed by atoms with Crippen molar-refractivity contribution in [2.24, 2.45) is 5.92 Å². The number of allylic oxidation sites excluding steroid dienone is 1. The molecule has 0 aliphatic heterocycles. The molecule has 0 aromatic heterocycles. The standard InChI is InChI=1S/C17H24/c1-3-5-15-8-12-17(13-9-15)16-10-6-14(4-2)7-11-16/h3,6-7,10-11,15,17H,1,4-5,8-9,12-13H2,2H3/t15-,17-. The summed E-state index contributed by atoms with van der Waals surface area (Å²) in [5.74, 6) is 1.71. The van der Waals surface area contributed by atoms with Crippen molar-refractivity contribution >= 4 is 0 Å². The molecule has 1 aromatic rings. The molecule has 1 saturated carbocycles. The molecule has 0 heterocycles. The Balaban J connectivity index is 1.93. The zero-order chi connectivity index (χ0) is 12.1. The molecule has 0 heteroatoms. The van der Waals surface area contributed by atoms with Crippen LogP contribution < -0.4 is 0 Å². The highest BCUT2D eigenvalue weighted by atomic mass is 14.3. The fourth-order valence-electron chi connectivity index (χ4n) is 2.99. The van der Waals surface area contributed by atoms with Crippen LogP contribution in [0.1, 0.15) is 56.1 Å². The van der Waals surface area contributed by atoms with Crippen LogP contribution in [0.15, 0.2) is 36.9 Å². The smallest absolute Gasteiger partial charge is 0.0162 e. The van der Waals surface area contributed by atoms with Gasteiger partial charge in [0, 0.05) is 0 Å². The van der Waals surface area contributed by atoms with Crippen LogP contribution in [-0.4, -0.2) is 0 Å². The van der Waals surface area contributed by atoms with Gasteiger partial charge >= 0.3 is 0 Å². The van der Waals surface area contributed by atoms with Gasteiger partial charge in [0.1, 0.15) is 0 Å². The molecule has 0 amide bonds. The Kier molecular flexibility index (Phi) is 4.42. The van der Waals surface area contributed by atoms with E-state index in [2.05, 4.69) is 43.8 Å². The van der Waals surface area contributed by atoms with Crippen molar-refractivity contribution < 1.29 is 0 Å². The van der Waals surface area contributed by atoms with Gasteiger partial charge in [0.15, 0.2) is 0 Å². The van der Waals surface area contributed by atoms with Gasteiger partial charge in [-0.1, -0.05) is 37.3 Å². The summed E-state index contributed by atoms with van der Waals surface area (Å²) in [5.41, 5.74) is 3.01. The largest absolute Gasteiger partial charge is 0.103 e. The molecule has 0 atom stereocenters. The first kappa shape index (κ1) is 12.4. The lowest BCUT2D eigenvalue weighted by molar-refractivity contribution is 0.328. The second-order valence-corrected chi connectivity index (χ2v) is 5.34. The maximum Gasteiger partial charge on any atom is -0.0162 e. The van der Waals surface area contributed by atoms with Gasteiger partial charge in [-0.15, -0.1) is 6.58 Å². The summed E-state index contributed by atoms with van der Waals surface area (Å²) in [6.07, 6.45) is 9.93. The molecule has 0 saturated heterocycles. The van der Waals surface area contributed by atoms with Crippen molar-refractivity contribution in [3.8, 4) is 0 Å². The molecule has 1 fully saturated rings. The summed E-state index contributed by atoms with van der Waals surface area (Å²) >= 11 is 0. The number of hydrogen-bond donors (Lipinski definition) is 0. The van der Waals surface area contributed by atoms with Crippen LogP contribution in [0, 0.1) is 5.92 Å². The van der Waals surface area contributed by atoms with E-state index in [1.54, 1.807) is 5.56 Å². The van der Waals surface area contributed by atoms with E-state index in [9.17, 15) is 0 Å². The fraction of sp³-hybridized carbons (Fsp3) is 0.529. The Morgan fingerprint density at radius 1 is 1.12 bits per heavy atom. The van der Waals surface area contributed by atoms with E-state index in [-0.39, 0.29) is 0 Å². The molecule has 92 valence electrons. The topological polar surface area (TPSA) is 0 Å². The lowest BCUT2D eigenvalue weighted by Gasteiger charge is -2.28. The van der Waals surface area contributed by atoms with Crippen LogP contribution in [0.25, 0.3) is 0 Å². The van der Waals surface area contributed by atoms with E-state index in [0.29, 0.717) is 0 Å². The van der Waals surface area contributed by atoms with Gasteiger partial charge in [-0.2, -0.15) is 0 Å². The molecule has 0 N–H and O–H groups in total. The van der Waals surface area contributed by atoms with Gasteiger partial charge in [0.2, 0.25) is 0 Å². The van der Waals surface area contributed by atoms with Gasteiger partial charge in [0.25, 0.3) is 0 Å². The maximum absolute atomic E-state index is 3.85. The van der Waals surface area contributed by atoms with E-state index in [4.69, 9.17) is 0 Å². The molecular weight excluding hydrogens is 204 g/mol. The Bertz CT molecular complexity index is 339. The van der Waals surface area contributed by atoms with E-state index in [1.165, 1.54) is 37.7 Å². The molecule has 0 bridgehead atoms. The third-order valence-electron chi connectivity index (χ3n) is 4.21. The molecule has 2 rings (SSSR count). The first-order valence-corrected chi connectivity index (χ1v) is 7.03. The molecule has 17 heavy (non-hydrogen) atoms.